The molecule has 1 saturated carbocycles. The van der Waals surface area contributed by atoms with E-state index in [4.69, 9.17) is 4.74 Å². The van der Waals surface area contributed by atoms with Crippen LogP contribution in [0.3, 0.4) is 0 Å². The lowest BCUT2D eigenvalue weighted by Crippen LogP contribution is -2.55. The third-order valence-corrected chi connectivity index (χ3v) is 9.90. The second-order valence-electron chi connectivity index (χ2n) is 13.0. The standard InChI is InChI=1S/C37H45N5O5/c1-40(35(43)33-12-7-22-42(37(45)46)34(33)24-26-8-3-2-4-9-26)30-21-23-41(25-30)29-17-13-27(14-18-29)38-36(44)39-28-15-19-32(20-16-28)47-31-10-5-6-11-31/h2-4,8-9,13-20,30-31,33-34H,5-7,10-12,21-25H2,1H3,(H,45,46)(H2,38,39,44). The molecule has 2 saturated heterocycles. The van der Waals surface area contributed by atoms with Gasteiger partial charge in [0.2, 0.25) is 5.91 Å². The monoisotopic (exact) mass is 639 g/mol. The second-order valence-corrected chi connectivity index (χ2v) is 13.0. The quantitative estimate of drug-likeness (QED) is 0.240. The number of anilines is 3. The van der Waals surface area contributed by atoms with Crippen molar-refractivity contribution in [3.05, 3.63) is 84.4 Å². The van der Waals surface area contributed by atoms with Crippen LogP contribution in [0.25, 0.3) is 0 Å². The SMILES string of the molecule is CN(C(=O)C1CCCN(C(=O)O)C1Cc1ccccc1)C1CCN(c2ccc(NC(=O)Nc3ccc(OC4CCCC4)cc3)cc2)C1. The number of hydrogen-bond donors (Lipinski definition) is 3. The Bertz CT molecular complexity index is 1510. The lowest BCUT2D eigenvalue weighted by atomic mass is 9.84. The van der Waals surface area contributed by atoms with E-state index >= 15 is 0 Å². The van der Waals surface area contributed by atoms with Crippen LogP contribution in [0.4, 0.5) is 26.7 Å². The summed E-state index contributed by atoms with van der Waals surface area (Å²) in [6, 6.07) is 24.3. The topological polar surface area (TPSA) is 114 Å². The van der Waals surface area contributed by atoms with Gasteiger partial charge in [0.25, 0.3) is 0 Å². The van der Waals surface area contributed by atoms with Gasteiger partial charge in [-0.15, -0.1) is 0 Å². The van der Waals surface area contributed by atoms with E-state index in [0.29, 0.717) is 49.8 Å². The highest BCUT2D eigenvalue weighted by molar-refractivity contribution is 5.99. The van der Waals surface area contributed by atoms with E-state index in [2.05, 4.69) is 15.5 Å². The summed E-state index contributed by atoms with van der Waals surface area (Å²) in [7, 11) is 1.86. The van der Waals surface area contributed by atoms with E-state index in [1.54, 1.807) is 0 Å². The average Bonchev–Trinajstić information content (AvgIpc) is 3.79. The first kappa shape index (κ1) is 32.2. The number of piperidine rings is 1. The highest BCUT2D eigenvalue weighted by atomic mass is 16.5. The molecule has 0 spiro atoms. The summed E-state index contributed by atoms with van der Waals surface area (Å²) in [5.74, 6) is 0.466. The number of carbonyl (C=O) groups is 3. The van der Waals surface area contributed by atoms with Gasteiger partial charge in [0.15, 0.2) is 0 Å². The molecule has 3 atom stereocenters. The van der Waals surface area contributed by atoms with Gasteiger partial charge in [-0.3, -0.25) is 4.79 Å². The Kier molecular flexibility index (Phi) is 10.1. The van der Waals surface area contributed by atoms with Crippen LogP contribution < -0.4 is 20.3 Å². The number of hydrogen-bond acceptors (Lipinski definition) is 5. The van der Waals surface area contributed by atoms with Crippen LogP contribution in [-0.4, -0.2) is 77.8 Å². The molecule has 3 aromatic rings. The first-order valence-electron chi connectivity index (χ1n) is 16.8. The molecule has 3 N–H and O–H groups in total. The third kappa shape index (κ3) is 7.99. The molecule has 3 aromatic carbocycles. The van der Waals surface area contributed by atoms with Crippen molar-refractivity contribution in [2.24, 2.45) is 5.92 Å². The molecular weight excluding hydrogens is 594 g/mol. The Morgan fingerprint density at radius 3 is 2.15 bits per heavy atom. The number of likely N-dealkylation sites (tertiary alicyclic amines) is 1. The summed E-state index contributed by atoms with van der Waals surface area (Å²) in [5.41, 5.74) is 3.43. The van der Waals surface area contributed by atoms with Crippen molar-refractivity contribution in [2.75, 3.05) is 42.2 Å². The average molecular weight is 640 g/mol. The Balaban J connectivity index is 1.01. The number of amides is 4. The second kappa shape index (κ2) is 14.8. The van der Waals surface area contributed by atoms with Gasteiger partial charge < -0.3 is 35.2 Å². The molecule has 2 heterocycles. The molecule has 3 fully saturated rings. The first-order chi connectivity index (χ1) is 22.8. The minimum atomic E-state index is -0.966. The summed E-state index contributed by atoms with van der Waals surface area (Å²) >= 11 is 0. The van der Waals surface area contributed by atoms with Gasteiger partial charge in [0.05, 0.1) is 24.1 Å². The van der Waals surface area contributed by atoms with Crippen molar-refractivity contribution in [3.63, 3.8) is 0 Å². The van der Waals surface area contributed by atoms with Crippen molar-refractivity contribution < 1.29 is 24.2 Å². The van der Waals surface area contributed by atoms with Crippen LogP contribution in [-0.2, 0) is 11.2 Å². The summed E-state index contributed by atoms with van der Waals surface area (Å²) in [4.78, 5) is 44.2. The van der Waals surface area contributed by atoms with Crippen molar-refractivity contribution >= 4 is 35.1 Å². The van der Waals surface area contributed by atoms with E-state index in [1.165, 1.54) is 17.7 Å². The molecule has 248 valence electrons. The Morgan fingerprint density at radius 2 is 1.49 bits per heavy atom. The minimum Gasteiger partial charge on any atom is -0.490 e. The zero-order valence-corrected chi connectivity index (χ0v) is 27.0. The number of nitrogens with one attached hydrogen (secondary N) is 2. The summed E-state index contributed by atoms with van der Waals surface area (Å²) in [5, 5.41) is 15.7. The predicted molar refractivity (Wildman–Crippen MR) is 183 cm³/mol. The number of ether oxygens (including phenoxy) is 1. The van der Waals surface area contributed by atoms with Crippen LogP contribution >= 0.6 is 0 Å². The van der Waals surface area contributed by atoms with Crippen LogP contribution in [0.1, 0.15) is 50.5 Å². The number of rotatable bonds is 9. The van der Waals surface area contributed by atoms with Gasteiger partial charge in [0, 0.05) is 43.7 Å². The number of likely N-dealkylation sites (N-methyl/N-ethyl adjacent to an activating group) is 1. The number of carboxylic acid groups (broad SMARTS) is 1. The van der Waals surface area contributed by atoms with Crippen LogP contribution in [0.5, 0.6) is 5.75 Å². The van der Waals surface area contributed by atoms with Crippen LogP contribution in [0.2, 0.25) is 0 Å². The molecule has 0 aromatic heterocycles. The van der Waals surface area contributed by atoms with Crippen LogP contribution in [0, 0.1) is 5.92 Å². The molecule has 10 nitrogen and oxygen atoms in total. The van der Waals surface area contributed by atoms with E-state index in [9.17, 15) is 19.5 Å². The fraction of sp³-hybridized carbons (Fsp3) is 0.432. The highest BCUT2D eigenvalue weighted by Crippen LogP contribution is 2.31. The molecule has 1 aliphatic carbocycles. The molecule has 3 aliphatic rings. The lowest BCUT2D eigenvalue weighted by molar-refractivity contribution is -0.139. The van der Waals surface area contributed by atoms with Gasteiger partial charge in [-0.2, -0.15) is 0 Å². The summed E-state index contributed by atoms with van der Waals surface area (Å²) in [6.07, 6.45) is 6.67. The number of carbonyl (C=O) groups excluding carboxylic acids is 2. The zero-order valence-electron chi connectivity index (χ0n) is 27.0. The van der Waals surface area contributed by atoms with Crippen molar-refractivity contribution in [2.45, 2.75) is 69.6 Å². The van der Waals surface area contributed by atoms with Crippen molar-refractivity contribution in [3.8, 4) is 5.75 Å². The predicted octanol–water partition coefficient (Wildman–Crippen LogP) is 6.69. The molecule has 0 bridgehead atoms. The highest BCUT2D eigenvalue weighted by Gasteiger charge is 2.41. The zero-order chi connectivity index (χ0) is 32.8. The number of urea groups is 1. The normalized spacial score (nSPS) is 21.3. The van der Waals surface area contributed by atoms with E-state index in [-0.39, 0.29) is 29.9 Å². The maximum atomic E-state index is 13.9. The van der Waals surface area contributed by atoms with Gasteiger partial charge in [-0.05, 0) is 105 Å². The van der Waals surface area contributed by atoms with Gasteiger partial charge >= 0.3 is 12.1 Å². The Labute approximate surface area is 276 Å². The maximum absolute atomic E-state index is 13.9. The fourth-order valence-electron chi connectivity index (χ4n) is 7.29. The maximum Gasteiger partial charge on any atom is 0.407 e. The minimum absolute atomic E-state index is 0.0188. The molecule has 10 heteroatoms. The molecule has 0 radical (unpaired) electrons. The molecule has 6 rings (SSSR count). The van der Waals surface area contributed by atoms with E-state index in [0.717, 1.165) is 42.8 Å². The van der Waals surface area contributed by atoms with Gasteiger partial charge in [0.1, 0.15) is 5.75 Å². The molecule has 47 heavy (non-hydrogen) atoms. The number of nitrogens with zero attached hydrogens (tertiary/aromatic N) is 3. The smallest absolute Gasteiger partial charge is 0.407 e. The fourth-order valence-corrected chi connectivity index (χ4v) is 7.29. The Hall–Kier alpha value is -4.73. The number of benzene rings is 3. The molecule has 4 amide bonds. The van der Waals surface area contributed by atoms with Crippen molar-refractivity contribution in [1.29, 1.82) is 0 Å². The van der Waals surface area contributed by atoms with Gasteiger partial charge in [-0.25, -0.2) is 9.59 Å². The third-order valence-electron chi connectivity index (χ3n) is 9.90. The molecule has 3 unspecified atom stereocenters. The van der Waals surface area contributed by atoms with E-state index in [1.807, 2.05) is 90.8 Å². The lowest BCUT2D eigenvalue weighted by Gasteiger charge is -2.41. The largest absolute Gasteiger partial charge is 0.490 e. The molecular formula is C37H45N5O5. The summed E-state index contributed by atoms with van der Waals surface area (Å²) in [6.45, 7) is 1.94. The first-order valence-corrected chi connectivity index (χ1v) is 16.8. The van der Waals surface area contributed by atoms with Crippen LogP contribution in [0.15, 0.2) is 78.9 Å². The Morgan fingerprint density at radius 1 is 0.830 bits per heavy atom. The van der Waals surface area contributed by atoms with Gasteiger partial charge in [-0.1, -0.05) is 30.3 Å². The molecule has 2 aliphatic heterocycles. The van der Waals surface area contributed by atoms with Crippen molar-refractivity contribution in [1.82, 2.24) is 9.80 Å². The van der Waals surface area contributed by atoms with E-state index < -0.39 is 6.09 Å². The summed E-state index contributed by atoms with van der Waals surface area (Å²) < 4.78 is 6.01.